The molecule has 1 spiro atoms. The van der Waals surface area contributed by atoms with Gasteiger partial charge in [0, 0.05) is 11.9 Å². The molecule has 0 aromatic carbocycles. The van der Waals surface area contributed by atoms with Crippen molar-refractivity contribution in [2.45, 2.75) is 31.2 Å². The van der Waals surface area contributed by atoms with Crippen molar-refractivity contribution in [3.63, 3.8) is 0 Å². The van der Waals surface area contributed by atoms with E-state index in [9.17, 15) is 4.79 Å². The number of rotatable bonds is 0. The van der Waals surface area contributed by atoms with E-state index in [2.05, 4.69) is 27.3 Å². The number of nitrogens with one attached hydrogen (secondary N) is 2. The van der Waals surface area contributed by atoms with Crippen LogP contribution in [0.1, 0.15) is 29.7 Å². The predicted molar refractivity (Wildman–Crippen MR) is 74.9 cm³/mol. The maximum Gasteiger partial charge on any atom is 0.231 e. The van der Waals surface area contributed by atoms with Crippen LogP contribution in [0.2, 0.25) is 0 Å². The SMILES string of the molecule is CN1C(=N)N[C@@]2(CCCc3sc(Br)cc32)CC1=O. The Morgan fingerprint density at radius 3 is 3.11 bits per heavy atom. The fraction of sp³-hybridized carbons (Fsp3) is 0.500. The first-order valence-corrected chi connectivity index (χ1v) is 7.55. The topological polar surface area (TPSA) is 56.2 Å². The summed E-state index contributed by atoms with van der Waals surface area (Å²) in [5, 5.41) is 11.2. The number of halogens is 1. The lowest BCUT2D eigenvalue weighted by Gasteiger charge is -2.44. The smallest absolute Gasteiger partial charge is 0.231 e. The summed E-state index contributed by atoms with van der Waals surface area (Å²) in [6.45, 7) is 0. The molecule has 1 aliphatic heterocycles. The molecular formula is C12H14BrN3OS. The lowest BCUT2D eigenvalue weighted by molar-refractivity contribution is -0.129. The summed E-state index contributed by atoms with van der Waals surface area (Å²) >= 11 is 5.27. The number of guanidine groups is 1. The van der Waals surface area contributed by atoms with Gasteiger partial charge in [-0.1, -0.05) is 0 Å². The Morgan fingerprint density at radius 2 is 2.39 bits per heavy atom. The molecular weight excluding hydrogens is 314 g/mol. The van der Waals surface area contributed by atoms with Gasteiger partial charge >= 0.3 is 0 Å². The van der Waals surface area contributed by atoms with Crippen LogP contribution in [0, 0.1) is 5.41 Å². The summed E-state index contributed by atoms with van der Waals surface area (Å²) in [5.74, 6) is 0.232. The maximum atomic E-state index is 12.0. The Morgan fingerprint density at radius 1 is 1.61 bits per heavy atom. The number of hydrogen-bond donors (Lipinski definition) is 2. The number of nitrogens with zero attached hydrogens (tertiary/aromatic N) is 1. The van der Waals surface area contributed by atoms with Gasteiger partial charge in [0.2, 0.25) is 5.91 Å². The van der Waals surface area contributed by atoms with Crippen LogP contribution in [-0.4, -0.2) is 23.8 Å². The number of amides is 1. The molecule has 0 unspecified atom stereocenters. The van der Waals surface area contributed by atoms with Crippen LogP contribution in [0.4, 0.5) is 0 Å². The van der Waals surface area contributed by atoms with Crippen LogP contribution in [0.3, 0.4) is 0 Å². The van der Waals surface area contributed by atoms with E-state index < -0.39 is 0 Å². The molecule has 2 heterocycles. The van der Waals surface area contributed by atoms with Crippen LogP contribution < -0.4 is 5.32 Å². The van der Waals surface area contributed by atoms with E-state index in [1.54, 1.807) is 18.4 Å². The third-order valence-corrected chi connectivity index (χ3v) is 5.52. The molecule has 1 atom stereocenters. The van der Waals surface area contributed by atoms with Gasteiger partial charge < -0.3 is 5.32 Å². The average molecular weight is 328 g/mol. The van der Waals surface area contributed by atoms with Crippen LogP contribution in [0.25, 0.3) is 0 Å². The van der Waals surface area contributed by atoms with Crippen LogP contribution in [0.15, 0.2) is 9.85 Å². The first-order valence-electron chi connectivity index (χ1n) is 5.94. The van der Waals surface area contributed by atoms with Crippen molar-refractivity contribution in [3.8, 4) is 0 Å². The second kappa shape index (κ2) is 4.06. The number of hydrogen-bond acceptors (Lipinski definition) is 3. The summed E-state index contributed by atoms with van der Waals surface area (Å²) in [6.07, 6.45) is 3.51. The van der Waals surface area contributed by atoms with Crippen molar-refractivity contribution in [2.75, 3.05) is 7.05 Å². The first-order chi connectivity index (χ1) is 8.52. The Kier molecular flexibility index (Phi) is 2.75. The standard InChI is InChI=1S/C12H14BrN3OS/c1-16-10(17)6-12(15-11(16)14)4-2-3-8-7(12)5-9(13)18-8/h5H,2-4,6H2,1H3,(H2,14,15)/t12-/m0/s1. The van der Waals surface area contributed by atoms with E-state index in [1.165, 1.54) is 15.3 Å². The molecule has 0 bridgehead atoms. The lowest BCUT2D eigenvalue weighted by Crippen LogP contribution is -2.60. The Labute approximate surface area is 118 Å². The van der Waals surface area contributed by atoms with Crippen molar-refractivity contribution in [1.82, 2.24) is 10.2 Å². The number of carbonyl (C=O) groups is 1. The maximum absolute atomic E-state index is 12.0. The van der Waals surface area contributed by atoms with E-state index in [0.29, 0.717) is 6.42 Å². The van der Waals surface area contributed by atoms with Gasteiger partial charge in [0.1, 0.15) is 0 Å². The molecule has 0 radical (unpaired) electrons. The van der Waals surface area contributed by atoms with E-state index in [0.717, 1.165) is 23.0 Å². The first kappa shape index (κ1) is 12.2. The number of thiophene rings is 1. The van der Waals surface area contributed by atoms with Gasteiger partial charge in [0.25, 0.3) is 0 Å². The van der Waals surface area contributed by atoms with Gasteiger partial charge in [-0.25, -0.2) is 0 Å². The van der Waals surface area contributed by atoms with Crippen molar-refractivity contribution < 1.29 is 4.79 Å². The lowest BCUT2D eigenvalue weighted by atomic mass is 9.76. The van der Waals surface area contributed by atoms with E-state index in [1.807, 2.05) is 0 Å². The summed E-state index contributed by atoms with van der Waals surface area (Å²) in [7, 11) is 1.65. The molecule has 2 N–H and O–H groups in total. The highest BCUT2D eigenvalue weighted by Crippen LogP contribution is 2.44. The largest absolute Gasteiger partial charge is 0.346 e. The highest BCUT2D eigenvalue weighted by Gasteiger charge is 2.44. The van der Waals surface area contributed by atoms with Crippen LogP contribution in [0.5, 0.6) is 0 Å². The fourth-order valence-corrected chi connectivity index (χ4v) is 4.68. The monoisotopic (exact) mass is 327 g/mol. The zero-order valence-corrected chi connectivity index (χ0v) is 12.4. The molecule has 96 valence electrons. The minimum Gasteiger partial charge on any atom is -0.346 e. The number of carbonyl (C=O) groups excluding carboxylic acids is 1. The van der Waals surface area contributed by atoms with Crippen molar-refractivity contribution in [3.05, 3.63) is 20.3 Å². The molecule has 18 heavy (non-hydrogen) atoms. The van der Waals surface area contributed by atoms with Crippen molar-refractivity contribution in [1.29, 1.82) is 5.41 Å². The van der Waals surface area contributed by atoms with E-state index >= 15 is 0 Å². The van der Waals surface area contributed by atoms with Gasteiger partial charge in [-0.3, -0.25) is 15.1 Å². The Balaban J connectivity index is 2.06. The van der Waals surface area contributed by atoms with Gasteiger partial charge in [-0.2, -0.15) is 0 Å². The van der Waals surface area contributed by atoms with Crippen LogP contribution in [-0.2, 0) is 16.8 Å². The molecule has 4 nitrogen and oxygen atoms in total. The van der Waals surface area contributed by atoms with Crippen molar-refractivity contribution >= 4 is 39.1 Å². The minimum absolute atomic E-state index is 0.0222. The summed E-state index contributed by atoms with van der Waals surface area (Å²) in [4.78, 5) is 14.8. The zero-order valence-electron chi connectivity index (χ0n) is 10.0. The minimum atomic E-state index is -0.350. The Hall–Kier alpha value is -0.880. The molecule has 1 aromatic rings. The highest BCUT2D eigenvalue weighted by molar-refractivity contribution is 9.11. The normalized spacial score (nSPS) is 27.3. The summed E-state index contributed by atoms with van der Waals surface area (Å²) in [5.41, 5.74) is 0.855. The molecule has 2 aliphatic rings. The van der Waals surface area contributed by atoms with Crippen LogP contribution >= 0.6 is 27.3 Å². The molecule has 1 fully saturated rings. The van der Waals surface area contributed by atoms with Gasteiger partial charge in [0.15, 0.2) is 5.96 Å². The second-order valence-corrected chi connectivity index (χ2v) is 7.44. The summed E-state index contributed by atoms with van der Waals surface area (Å²) in [6, 6.07) is 2.11. The van der Waals surface area contributed by atoms with E-state index in [4.69, 9.17) is 5.41 Å². The van der Waals surface area contributed by atoms with Crippen molar-refractivity contribution in [2.24, 2.45) is 0 Å². The number of fused-ring (bicyclic) bond motifs is 2. The Bertz CT molecular complexity index is 521. The molecule has 1 saturated heterocycles. The van der Waals surface area contributed by atoms with Gasteiger partial charge in [-0.15, -0.1) is 11.3 Å². The quantitative estimate of drug-likeness (QED) is 0.768. The third kappa shape index (κ3) is 1.70. The molecule has 1 aromatic heterocycles. The molecule has 1 aliphatic carbocycles. The zero-order chi connectivity index (χ0) is 12.9. The number of aryl methyl sites for hydroxylation is 1. The molecule has 3 rings (SSSR count). The third-order valence-electron chi connectivity index (χ3n) is 3.82. The highest BCUT2D eigenvalue weighted by atomic mass is 79.9. The van der Waals surface area contributed by atoms with Gasteiger partial charge in [-0.05, 0) is 46.8 Å². The average Bonchev–Trinajstić information content (AvgIpc) is 2.68. The molecule has 0 saturated carbocycles. The predicted octanol–water partition coefficient (Wildman–Crippen LogP) is 2.43. The van der Waals surface area contributed by atoms with Gasteiger partial charge in [0.05, 0.1) is 15.7 Å². The second-order valence-electron chi connectivity index (χ2n) is 4.93. The fourth-order valence-electron chi connectivity index (χ4n) is 2.84. The molecule has 6 heteroatoms. The summed E-state index contributed by atoms with van der Waals surface area (Å²) < 4.78 is 1.11. The molecule has 1 amide bonds. The van der Waals surface area contributed by atoms with E-state index in [-0.39, 0.29) is 17.4 Å².